The lowest BCUT2D eigenvalue weighted by Crippen LogP contribution is -2.65. The minimum absolute atomic E-state index is 0.223. The molecule has 0 bridgehead atoms. The summed E-state index contributed by atoms with van der Waals surface area (Å²) in [5.41, 5.74) is 3.26. The molecule has 2 aromatic carbocycles. The molecule has 5 nitrogen and oxygen atoms in total. The molecule has 3 atom stereocenters. The molecule has 1 fully saturated rings. The Kier molecular flexibility index (Phi) is 5.74. The predicted molar refractivity (Wildman–Crippen MR) is 111 cm³/mol. The zero-order valence-electron chi connectivity index (χ0n) is 16.4. The van der Waals surface area contributed by atoms with Crippen molar-refractivity contribution in [2.75, 3.05) is 6.61 Å². The van der Waals surface area contributed by atoms with E-state index in [9.17, 15) is 23.2 Å². The molecule has 1 N–H and O–H groups in total. The lowest BCUT2D eigenvalue weighted by Gasteiger charge is -2.50. The number of hydrogen-bond donors (Lipinski definition) is 1. The Hall–Kier alpha value is -2.53. The summed E-state index contributed by atoms with van der Waals surface area (Å²) in [4.78, 5) is -0.223. The minimum atomic E-state index is -4.11. The van der Waals surface area contributed by atoms with Gasteiger partial charge in [0.15, 0.2) is 0 Å². The number of hydrogen-bond acceptors (Lipinski definition) is 4. The summed E-state index contributed by atoms with van der Waals surface area (Å²) in [6.07, 6.45) is 6.76. The summed E-state index contributed by atoms with van der Waals surface area (Å²) < 4.78 is 40.6. The molecule has 1 heterocycles. The summed E-state index contributed by atoms with van der Waals surface area (Å²) in [6.45, 7) is -0.426. The van der Waals surface area contributed by atoms with E-state index in [0.717, 1.165) is 40.4 Å². The van der Waals surface area contributed by atoms with Crippen molar-refractivity contribution in [1.82, 2.24) is 4.31 Å². The Morgan fingerprint density at radius 3 is 2.53 bits per heavy atom. The van der Waals surface area contributed by atoms with Crippen molar-refractivity contribution in [3.05, 3.63) is 71.6 Å². The van der Waals surface area contributed by atoms with Crippen LogP contribution in [0.2, 0.25) is 0 Å². The highest BCUT2D eigenvalue weighted by Crippen LogP contribution is 2.44. The van der Waals surface area contributed by atoms with Crippen molar-refractivity contribution < 1.29 is 17.9 Å². The van der Waals surface area contributed by atoms with Gasteiger partial charge in [0.25, 0.3) is 0 Å². The lowest BCUT2D eigenvalue weighted by atomic mass is 9.78. The number of allylic oxidation sites excluding steroid dienone is 2. The van der Waals surface area contributed by atoms with Crippen LogP contribution in [0.15, 0.2) is 59.5 Å². The van der Waals surface area contributed by atoms with E-state index >= 15 is 0 Å². The van der Waals surface area contributed by atoms with Gasteiger partial charge in [0.1, 0.15) is 11.9 Å². The fourth-order valence-corrected chi connectivity index (χ4v) is 6.25. The average Bonchev–Trinajstić information content (AvgIpc) is 2.74. The maximum absolute atomic E-state index is 13.6. The molecule has 7 heteroatoms. The zero-order chi connectivity index (χ0) is 21.3. The Labute approximate surface area is 176 Å². The first-order valence-corrected chi connectivity index (χ1v) is 11.5. The number of sulfonamides is 1. The normalized spacial score (nSPS) is 24.6. The Morgan fingerprint density at radius 1 is 1.17 bits per heavy atom. The number of nitriles is 1. The van der Waals surface area contributed by atoms with Crippen LogP contribution in [-0.2, 0) is 10.0 Å². The van der Waals surface area contributed by atoms with E-state index in [0.29, 0.717) is 0 Å². The van der Waals surface area contributed by atoms with Crippen LogP contribution in [0.25, 0.3) is 5.57 Å². The second-order valence-corrected chi connectivity index (χ2v) is 9.58. The van der Waals surface area contributed by atoms with E-state index < -0.39 is 40.4 Å². The summed E-state index contributed by atoms with van der Waals surface area (Å²) >= 11 is 0. The monoisotopic (exact) mass is 426 g/mol. The average molecular weight is 427 g/mol. The van der Waals surface area contributed by atoms with Gasteiger partial charge in [-0.3, -0.25) is 0 Å². The molecule has 1 aliphatic heterocycles. The van der Waals surface area contributed by atoms with Crippen molar-refractivity contribution in [3.63, 3.8) is 0 Å². The first-order valence-electron chi connectivity index (χ1n) is 10.1. The summed E-state index contributed by atoms with van der Waals surface area (Å²) in [6, 6.07) is 12.8. The molecule has 0 aromatic heterocycles. The van der Waals surface area contributed by atoms with Gasteiger partial charge in [0, 0.05) is 5.92 Å². The first kappa shape index (κ1) is 20.7. The van der Waals surface area contributed by atoms with E-state index in [2.05, 4.69) is 12.1 Å². The van der Waals surface area contributed by atoms with Crippen molar-refractivity contribution >= 4 is 15.6 Å². The SMILES string of the molecule is N#C[C@@H]1[C@H](c2ccc(C3=CCCCC3)cc2)[C@H](CO)N1S(=O)(=O)c1cccc(F)c1. The van der Waals surface area contributed by atoms with Crippen LogP contribution in [-0.4, -0.2) is 36.5 Å². The van der Waals surface area contributed by atoms with Gasteiger partial charge in [-0.2, -0.15) is 9.57 Å². The van der Waals surface area contributed by atoms with Gasteiger partial charge in [-0.05, 0) is 60.6 Å². The van der Waals surface area contributed by atoms with Crippen LogP contribution in [0, 0.1) is 17.1 Å². The molecule has 2 aromatic rings. The highest BCUT2D eigenvalue weighted by atomic mass is 32.2. The van der Waals surface area contributed by atoms with Crippen molar-refractivity contribution in [2.45, 2.75) is 48.6 Å². The summed E-state index contributed by atoms with van der Waals surface area (Å²) in [7, 11) is -4.11. The second-order valence-electron chi connectivity index (χ2n) is 7.74. The molecular formula is C23H23FN2O3S. The largest absolute Gasteiger partial charge is 0.395 e. The molecule has 1 saturated heterocycles. The van der Waals surface area contributed by atoms with Crippen LogP contribution >= 0.6 is 0 Å². The van der Waals surface area contributed by atoms with Crippen molar-refractivity contribution in [3.8, 4) is 6.07 Å². The first-order chi connectivity index (χ1) is 14.5. The molecule has 0 amide bonds. The van der Waals surface area contributed by atoms with Gasteiger partial charge >= 0.3 is 0 Å². The highest BCUT2D eigenvalue weighted by Gasteiger charge is 2.55. The zero-order valence-corrected chi connectivity index (χ0v) is 17.2. The smallest absolute Gasteiger partial charge is 0.244 e. The summed E-state index contributed by atoms with van der Waals surface area (Å²) in [5, 5.41) is 19.6. The minimum Gasteiger partial charge on any atom is -0.395 e. The van der Waals surface area contributed by atoms with Crippen LogP contribution in [0.1, 0.15) is 42.7 Å². The third-order valence-corrected chi connectivity index (χ3v) is 7.91. The molecule has 4 rings (SSSR count). The number of rotatable bonds is 5. The van der Waals surface area contributed by atoms with Gasteiger partial charge in [-0.15, -0.1) is 0 Å². The molecule has 1 aliphatic carbocycles. The maximum Gasteiger partial charge on any atom is 0.244 e. The molecule has 30 heavy (non-hydrogen) atoms. The third-order valence-electron chi connectivity index (χ3n) is 6.00. The summed E-state index contributed by atoms with van der Waals surface area (Å²) in [5.74, 6) is -1.12. The number of nitrogens with zero attached hydrogens (tertiary/aromatic N) is 2. The fraction of sp³-hybridized carbons (Fsp3) is 0.348. The molecular weight excluding hydrogens is 403 g/mol. The number of aliphatic hydroxyl groups is 1. The maximum atomic E-state index is 13.6. The number of benzene rings is 2. The van der Waals surface area contributed by atoms with E-state index in [1.54, 1.807) is 0 Å². The van der Waals surface area contributed by atoms with Gasteiger partial charge < -0.3 is 5.11 Å². The fourth-order valence-electron chi connectivity index (χ4n) is 4.46. The molecule has 0 spiro atoms. The predicted octanol–water partition coefficient (Wildman–Crippen LogP) is 3.82. The van der Waals surface area contributed by atoms with Gasteiger partial charge in [-0.25, -0.2) is 12.8 Å². The van der Waals surface area contributed by atoms with Crippen LogP contribution in [0.4, 0.5) is 4.39 Å². The Morgan fingerprint density at radius 2 is 1.93 bits per heavy atom. The van der Waals surface area contributed by atoms with Crippen LogP contribution in [0.5, 0.6) is 0 Å². The number of aliphatic hydroxyl groups excluding tert-OH is 1. The van der Waals surface area contributed by atoms with Crippen LogP contribution in [0.3, 0.4) is 0 Å². The lowest BCUT2D eigenvalue weighted by molar-refractivity contribution is 0.0556. The number of halogens is 1. The van der Waals surface area contributed by atoms with Gasteiger partial charge in [0.2, 0.25) is 10.0 Å². The van der Waals surface area contributed by atoms with Gasteiger partial charge in [-0.1, -0.05) is 36.4 Å². The van der Waals surface area contributed by atoms with Gasteiger partial charge in [0.05, 0.1) is 23.6 Å². The molecule has 2 aliphatic rings. The van der Waals surface area contributed by atoms with E-state index in [1.807, 2.05) is 24.3 Å². The third kappa shape index (κ3) is 3.56. The standard InChI is InChI=1S/C23H23FN2O3S/c24-19-7-4-8-20(13-19)30(28,29)26-21(14-25)23(22(26)15-27)18-11-9-17(10-12-18)16-5-2-1-3-6-16/h4-5,7-13,21-23,27H,1-3,6,15H2/t21-,22+,23+/m1/s1. The molecule has 0 radical (unpaired) electrons. The highest BCUT2D eigenvalue weighted by molar-refractivity contribution is 7.89. The topological polar surface area (TPSA) is 81.4 Å². The van der Waals surface area contributed by atoms with Crippen molar-refractivity contribution in [2.24, 2.45) is 0 Å². The van der Waals surface area contributed by atoms with Crippen LogP contribution < -0.4 is 0 Å². The Balaban J connectivity index is 1.63. The second kappa shape index (κ2) is 8.31. The Bertz CT molecular complexity index is 1110. The van der Waals surface area contributed by atoms with E-state index in [-0.39, 0.29) is 4.90 Å². The molecule has 0 saturated carbocycles. The van der Waals surface area contributed by atoms with E-state index in [4.69, 9.17) is 0 Å². The van der Waals surface area contributed by atoms with E-state index in [1.165, 1.54) is 30.5 Å². The molecule has 156 valence electrons. The quantitative estimate of drug-likeness (QED) is 0.788. The molecule has 0 unspecified atom stereocenters. The van der Waals surface area contributed by atoms with Crippen molar-refractivity contribution in [1.29, 1.82) is 5.26 Å².